The minimum absolute atomic E-state index is 0.115. The van der Waals surface area contributed by atoms with E-state index in [4.69, 9.17) is 0 Å². The van der Waals surface area contributed by atoms with Crippen molar-refractivity contribution < 1.29 is 9.18 Å². The average Bonchev–Trinajstić information content (AvgIpc) is 3.13. The highest BCUT2D eigenvalue weighted by atomic mass is 32.1. The van der Waals surface area contributed by atoms with E-state index in [-0.39, 0.29) is 28.8 Å². The van der Waals surface area contributed by atoms with Crippen LogP contribution in [0.5, 0.6) is 0 Å². The van der Waals surface area contributed by atoms with Gasteiger partial charge >= 0.3 is 0 Å². The van der Waals surface area contributed by atoms with E-state index in [2.05, 4.69) is 10.3 Å². The average molecular weight is 379 g/mol. The number of carbonyl (C=O) groups excluding carboxylic acids is 1. The molecule has 0 saturated heterocycles. The largest absolute Gasteiger partial charge is 0.335 e. The lowest BCUT2D eigenvalue weighted by Gasteiger charge is -2.10. The van der Waals surface area contributed by atoms with Crippen LogP contribution in [0.1, 0.15) is 0 Å². The molecule has 7 heteroatoms. The van der Waals surface area contributed by atoms with Gasteiger partial charge in [0, 0.05) is 28.6 Å². The number of nitrogens with zero attached hydrogens (tertiary/aromatic N) is 2. The third-order valence-corrected chi connectivity index (χ3v) is 4.84. The molecule has 27 heavy (non-hydrogen) atoms. The lowest BCUT2D eigenvalue weighted by Crippen LogP contribution is -2.20. The number of aromatic nitrogens is 2. The van der Waals surface area contributed by atoms with Gasteiger partial charge < -0.3 is 9.88 Å². The SMILES string of the molecule is O=C(Cn1ccc(=O)c2cccc(F)c21)Nc1nc(-c2ccccc2)cs1. The van der Waals surface area contributed by atoms with Crippen LogP contribution in [0.3, 0.4) is 0 Å². The van der Waals surface area contributed by atoms with Gasteiger partial charge in [-0.15, -0.1) is 11.3 Å². The molecule has 0 saturated carbocycles. The minimum atomic E-state index is -0.543. The lowest BCUT2D eigenvalue weighted by molar-refractivity contribution is -0.116. The maximum absolute atomic E-state index is 14.2. The number of para-hydroxylation sites is 1. The molecule has 0 aliphatic heterocycles. The highest BCUT2D eigenvalue weighted by Gasteiger charge is 2.12. The standard InChI is InChI=1S/C20H14FN3O2S/c21-15-8-4-7-14-17(25)9-10-24(19(14)15)11-18(26)23-20-22-16(12-27-20)13-5-2-1-3-6-13/h1-10,12H,11H2,(H,22,23,26). The molecule has 4 rings (SSSR count). The van der Waals surface area contributed by atoms with Crippen LogP contribution in [-0.4, -0.2) is 15.5 Å². The third kappa shape index (κ3) is 3.50. The van der Waals surface area contributed by atoms with Crippen molar-refractivity contribution in [3.05, 3.63) is 82.2 Å². The summed E-state index contributed by atoms with van der Waals surface area (Å²) in [6.07, 6.45) is 1.42. The van der Waals surface area contributed by atoms with Crippen molar-refractivity contribution in [2.75, 3.05) is 5.32 Å². The second-order valence-electron chi connectivity index (χ2n) is 5.90. The number of nitrogens with one attached hydrogen (secondary N) is 1. The van der Waals surface area contributed by atoms with Crippen LogP contribution in [0.4, 0.5) is 9.52 Å². The van der Waals surface area contributed by atoms with E-state index in [1.807, 2.05) is 35.7 Å². The summed E-state index contributed by atoms with van der Waals surface area (Å²) in [5.74, 6) is -0.893. The third-order valence-electron chi connectivity index (χ3n) is 4.08. The fourth-order valence-electron chi connectivity index (χ4n) is 2.85. The molecule has 0 aliphatic carbocycles. The molecule has 5 nitrogen and oxygen atoms in total. The van der Waals surface area contributed by atoms with Gasteiger partial charge in [0.15, 0.2) is 10.6 Å². The van der Waals surface area contributed by atoms with E-state index < -0.39 is 5.82 Å². The molecule has 1 N–H and O–H groups in total. The summed E-state index contributed by atoms with van der Waals surface area (Å²) in [6.45, 7) is -0.127. The molecular formula is C20H14FN3O2S. The van der Waals surface area contributed by atoms with E-state index in [0.717, 1.165) is 11.3 Å². The summed E-state index contributed by atoms with van der Waals surface area (Å²) in [6, 6.07) is 15.3. The number of rotatable bonds is 4. The van der Waals surface area contributed by atoms with Crippen LogP contribution in [-0.2, 0) is 11.3 Å². The molecule has 2 aromatic carbocycles. The summed E-state index contributed by atoms with van der Waals surface area (Å²) in [5, 5.41) is 5.29. The van der Waals surface area contributed by atoms with Crippen LogP contribution in [0.2, 0.25) is 0 Å². The number of hydrogen-bond acceptors (Lipinski definition) is 4. The lowest BCUT2D eigenvalue weighted by atomic mass is 10.2. The van der Waals surface area contributed by atoms with E-state index in [9.17, 15) is 14.0 Å². The predicted octanol–water partition coefficient (Wildman–Crippen LogP) is 3.90. The normalized spacial score (nSPS) is 10.9. The summed E-state index contributed by atoms with van der Waals surface area (Å²) in [5.41, 5.74) is 1.57. The molecule has 0 unspecified atom stereocenters. The molecule has 1 amide bonds. The number of benzene rings is 2. The van der Waals surface area contributed by atoms with Crippen LogP contribution >= 0.6 is 11.3 Å². The van der Waals surface area contributed by atoms with Crippen molar-refractivity contribution >= 4 is 33.3 Å². The van der Waals surface area contributed by atoms with E-state index in [0.29, 0.717) is 5.13 Å². The number of carbonyl (C=O) groups is 1. The van der Waals surface area contributed by atoms with Crippen LogP contribution in [0, 0.1) is 5.82 Å². The first-order chi connectivity index (χ1) is 13.1. The second-order valence-corrected chi connectivity index (χ2v) is 6.75. The Morgan fingerprint density at radius 2 is 1.93 bits per heavy atom. The number of hydrogen-bond donors (Lipinski definition) is 1. The summed E-state index contributed by atoms with van der Waals surface area (Å²) < 4.78 is 15.6. The Labute approximate surface area is 157 Å². The van der Waals surface area contributed by atoms with Gasteiger partial charge in [-0.3, -0.25) is 9.59 Å². The number of halogens is 1. The molecule has 4 aromatic rings. The van der Waals surface area contributed by atoms with Gasteiger partial charge in [-0.25, -0.2) is 9.37 Å². The zero-order valence-corrected chi connectivity index (χ0v) is 14.9. The number of thiazole rings is 1. The number of amides is 1. The van der Waals surface area contributed by atoms with E-state index in [1.165, 1.54) is 40.3 Å². The molecule has 2 heterocycles. The molecular weight excluding hydrogens is 365 g/mol. The first kappa shape index (κ1) is 17.1. The highest BCUT2D eigenvalue weighted by Crippen LogP contribution is 2.24. The van der Waals surface area contributed by atoms with Gasteiger partial charge in [0.05, 0.1) is 11.2 Å². The van der Waals surface area contributed by atoms with E-state index in [1.54, 1.807) is 6.07 Å². The zero-order chi connectivity index (χ0) is 18.8. The van der Waals surface area contributed by atoms with Crippen LogP contribution in [0.25, 0.3) is 22.2 Å². The van der Waals surface area contributed by atoms with Gasteiger partial charge in [-0.2, -0.15) is 0 Å². The van der Waals surface area contributed by atoms with Crippen LogP contribution < -0.4 is 10.7 Å². The van der Waals surface area contributed by atoms with Crippen molar-refractivity contribution in [1.29, 1.82) is 0 Å². The molecule has 2 aromatic heterocycles. The van der Waals surface area contributed by atoms with Crippen molar-refractivity contribution in [2.24, 2.45) is 0 Å². The van der Waals surface area contributed by atoms with Crippen molar-refractivity contribution in [3.63, 3.8) is 0 Å². The van der Waals surface area contributed by atoms with Crippen molar-refractivity contribution in [2.45, 2.75) is 6.54 Å². The summed E-state index contributed by atoms with van der Waals surface area (Å²) >= 11 is 1.32. The van der Waals surface area contributed by atoms with Crippen molar-refractivity contribution in [1.82, 2.24) is 9.55 Å². The zero-order valence-electron chi connectivity index (χ0n) is 14.1. The Kier molecular flexibility index (Phi) is 4.52. The molecule has 0 aliphatic rings. The number of fused-ring (bicyclic) bond motifs is 1. The van der Waals surface area contributed by atoms with Gasteiger partial charge in [0.1, 0.15) is 12.4 Å². The molecule has 0 bridgehead atoms. The first-order valence-electron chi connectivity index (χ1n) is 8.20. The summed E-state index contributed by atoms with van der Waals surface area (Å²) in [7, 11) is 0. The van der Waals surface area contributed by atoms with E-state index >= 15 is 0 Å². The predicted molar refractivity (Wildman–Crippen MR) is 104 cm³/mol. The fraction of sp³-hybridized carbons (Fsp3) is 0.0500. The topological polar surface area (TPSA) is 64.0 Å². The van der Waals surface area contributed by atoms with Gasteiger partial charge in [-0.1, -0.05) is 36.4 Å². The highest BCUT2D eigenvalue weighted by molar-refractivity contribution is 7.14. The Hall–Kier alpha value is -3.32. The van der Waals surface area contributed by atoms with Gasteiger partial charge in [-0.05, 0) is 12.1 Å². The summed E-state index contributed by atoms with van der Waals surface area (Å²) in [4.78, 5) is 28.7. The Balaban J connectivity index is 1.56. The molecule has 0 fully saturated rings. The number of anilines is 1. The Bertz CT molecular complexity index is 1180. The molecule has 0 spiro atoms. The maximum atomic E-state index is 14.2. The van der Waals surface area contributed by atoms with Crippen LogP contribution in [0.15, 0.2) is 71.0 Å². The minimum Gasteiger partial charge on any atom is -0.335 e. The quantitative estimate of drug-likeness (QED) is 0.585. The molecule has 134 valence electrons. The smallest absolute Gasteiger partial charge is 0.246 e. The van der Waals surface area contributed by atoms with Gasteiger partial charge in [0.2, 0.25) is 5.91 Å². The van der Waals surface area contributed by atoms with Crippen molar-refractivity contribution in [3.8, 4) is 11.3 Å². The van der Waals surface area contributed by atoms with Gasteiger partial charge in [0.25, 0.3) is 0 Å². The Morgan fingerprint density at radius 3 is 2.74 bits per heavy atom. The second kappa shape index (κ2) is 7.13. The molecule has 0 radical (unpaired) electrons. The maximum Gasteiger partial charge on any atom is 0.246 e. The monoisotopic (exact) mass is 379 g/mol. The first-order valence-corrected chi connectivity index (χ1v) is 9.08. The molecule has 0 atom stereocenters. The fourth-order valence-corrected chi connectivity index (χ4v) is 3.58. The number of pyridine rings is 1. The Morgan fingerprint density at radius 1 is 1.11 bits per heavy atom.